The first-order chi connectivity index (χ1) is 12.1. The van der Waals surface area contributed by atoms with E-state index in [-0.39, 0.29) is 6.04 Å². The normalized spacial score (nSPS) is 14.4. The van der Waals surface area contributed by atoms with Gasteiger partial charge in [-0.05, 0) is 48.4 Å². The number of fused-ring (bicyclic) bond motifs is 1. The highest BCUT2D eigenvalue weighted by Gasteiger charge is 2.17. The Balaban J connectivity index is 1.53. The van der Waals surface area contributed by atoms with Gasteiger partial charge in [0.2, 0.25) is 5.89 Å². The fourth-order valence-corrected chi connectivity index (χ4v) is 3.38. The Labute approximate surface area is 155 Å². The Hall–Kier alpha value is -2.01. The SMILES string of the molecule is C[C@@H](Nc1ccc2c(c1)COC2)c1ncc(-c2ccc(Cl)cc2Cl)o1. The van der Waals surface area contributed by atoms with E-state index in [9.17, 15) is 0 Å². The van der Waals surface area contributed by atoms with Crippen LogP contribution in [0.2, 0.25) is 10.0 Å². The van der Waals surface area contributed by atoms with E-state index >= 15 is 0 Å². The molecule has 3 aromatic rings. The summed E-state index contributed by atoms with van der Waals surface area (Å²) in [5, 5.41) is 4.53. The Morgan fingerprint density at radius 3 is 2.76 bits per heavy atom. The Bertz CT molecular complexity index is 924. The first-order valence-corrected chi connectivity index (χ1v) is 8.73. The molecule has 2 heterocycles. The molecular weight excluding hydrogens is 359 g/mol. The third kappa shape index (κ3) is 3.38. The number of anilines is 1. The lowest BCUT2D eigenvalue weighted by atomic mass is 10.1. The Kier molecular flexibility index (Phi) is 4.42. The number of nitrogens with zero attached hydrogens (tertiary/aromatic N) is 1. The molecule has 0 fully saturated rings. The molecule has 6 heteroatoms. The number of halogens is 2. The van der Waals surface area contributed by atoms with Crippen molar-refractivity contribution in [2.24, 2.45) is 0 Å². The Morgan fingerprint density at radius 2 is 1.92 bits per heavy atom. The fraction of sp³-hybridized carbons (Fsp3) is 0.211. The monoisotopic (exact) mass is 374 g/mol. The van der Waals surface area contributed by atoms with Crippen molar-refractivity contribution in [1.82, 2.24) is 4.98 Å². The molecule has 0 aliphatic carbocycles. The summed E-state index contributed by atoms with van der Waals surface area (Å²) >= 11 is 12.2. The molecule has 1 aromatic heterocycles. The lowest BCUT2D eigenvalue weighted by molar-refractivity contribution is 0.134. The summed E-state index contributed by atoms with van der Waals surface area (Å²) in [6.07, 6.45) is 1.68. The number of nitrogens with one attached hydrogen (secondary N) is 1. The van der Waals surface area contributed by atoms with Gasteiger partial charge in [0.1, 0.15) is 6.04 Å². The van der Waals surface area contributed by atoms with Crippen LogP contribution in [0.25, 0.3) is 11.3 Å². The van der Waals surface area contributed by atoms with Crippen molar-refractivity contribution in [3.8, 4) is 11.3 Å². The summed E-state index contributed by atoms with van der Waals surface area (Å²) < 4.78 is 11.3. The average molecular weight is 375 g/mol. The number of hydrogen-bond donors (Lipinski definition) is 1. The highest BCUT2D eigenvalue weighted by atomic mass is 35.5. The maximum Gasteiger partial charge on any atom is 0.217 e. The van der Waals surface area contributed by atoms with Crippen LogP contribution in [0.15, 0.2) is 47.0 Å². The van der Waals surface area contributed by atoms with Gasteiger partial charge < -0.3 is 14.5 Å². The third-order valence-corrected chi connectivity index (χ3v) is 4.74. The number of rotatable bonds is 4. The van der Waals surface area contributed by atoms with E-state index in [0.717, 1.165) is 11.3 Å². The molecule has 1 N–H and O–H groups in total. The van der Waals surface area contributed by atoms with Crippen LogP contribution < -0.4 is 5.32 Å². The van der Waals surface area contributed by atoms with Gasteiger partial charge in [-0.25, -0.2) is 4.98 Å². The maximum atomic E-state index is 6.24. The number of aromatic nitrogens is 1. The molecule has 4 nitrogen and oxygen atoms in total. The van der Waals surface area contributed by atoms with Crippen LogP contribution >= 0.6 is 23.2 Å². The van der Waals surface area contributed by atoms with E-state index in [2.05, 4.69) is 22.4 Å². The van der Waals surface area contributed by atoms with Gasteiger partial charge in [-0.15, -0.1) is 0 Å². The van der Waals surface area contributed by atoms with Crippen molar-refractivity contribution >= 4 is 28.9 Å². The first kappa shape index (κ1) is 16.5. The zero-order valence-electron chi connectivity index (χ0n) is 13.6. The third-order valence-electron chi connectivity index (χ3n) is 4.20. The number of hydrogen-bond acceptors (Lipinski definition) is 4. The second-order valence-corrected chi connectivity index (χ2v) is 6.87. The molecule has 2 aromatic carbocycles. The van der Waals surface area contributed by atoms with Gasteiger partial charge in [-0.3, -0.25) is 0 Å². The standard InChI is InChI=1S/C19H16Cl2N2O2/c1-11(23-15-4-2-12-9-24-10-13(12)6-15)19-22-8-18(25-19)16-5-3-14(20)7-17(16)21/h2-8,11,23H,9-10H2,1H3/t11-/m1/s1. The summed E-state index contributed by atoms with van der Waals surface area (Å²) in [6, 6.07) is 11.5. The van der Waals surface area contributed by atoms with Gasteiger partial charge in [0.25, 0.3) is 0 Å². The van der Waals surface area contributed by atoms with Crippen molar-refractivity contribution in [1.29, 1.82) is 0 Å². The smallest absolute Gasteiger partial charge is 0.217 e. The molecule has 4 rings (SSSR count). The minimum Gasteiger partial charge on any atom is -0.438 e. The highest BCUT2D eigenvalue weighted by molar-refractivity contribution is 6.36. The molecule has 0 unspecified atom stereocenters. The predicted molar refractivity (Wildman–Crippen MR) is 98.9 cm³/mol. The summed E-state index contributed by atoms with van der Waals surface area (Å²) in [5.74, 6) is 1.21. The van der Waals surface area contributed by atoms with E-state index < -0.39 is 0 Å². The van der Waals surface area contributed by atoms with Crippen molar-refractivity contribution in [2.75, 3.05) is 5.32 Å². The van der Waals surface area contributed by atoms with E-state index in [4.69, 9.17) is 32.4 Å². The van der Waals surface area contributed by atoms with Gasteiger partial charge in [0, 0.05) is 16.3 Å². The van der Waals surface area contributed by atoms with Crippen molar-refractivity contribution in [2.45, 2.75) is 26.2 Å². The van der Waals surface area contributed by atoms with Crippen LogP contribution in [0.1, 0.15) is 30.0 Å². The lowest BCUT2D eigenvalue weighted by Crippen LogP contribution is -2.07. The van der Waals surface area contributed by atoms with Crippen LogP contribution in [0.3, 0.4) is 0 Å². The van der Waals surface area contributed by atoms with Crippen molar-refractivity contribution in [3.05, 3.63) is 69.7 Å². The van der Waals surface area contributed by atoms with Crippen LogP contribution in [-0.2, 0) is 18.0 Å². The van der Waals surface area contributed by atoms with Crippen molar-refractivity contribution < 1.29 is 9.15 Å². The summed E-state index contributed by atoms with van der Waals surface area (Å²) in [5.41, 5.74) is 4.25. The second-order valence-electron chi connectivity index (χ2n) is 6.03. The number of benzene rings is 2. The van der Waals surface area contributed by atoms with Gasteiger partial charge in [0.05, 0.1) is 24.4 Å². The fourth-order valence-electron chi connectivity index (χ4n) is 2.88. The molecule has 128 valence electrons. The van der Waals surface area contributed by atoms with E-state index in [0.29, 0.717) is 34.9 Å². The zero-order valence-corrected chi connectivity index (χ0v) is 15.1. The molecular formula is C19H16Cl2N2O2. The number of ether oxygens (including phenoxy) is 1. The summed E-state index contributed by atoms with van der Waals surface area (Å²) in [7, 11) is 0. The molecule has 1 aliphatic heterocycles. The molecule has 0 spiro atoms. The topological polar surface area (TPSA) is 47.3 Å². The minimum absolute atomic E-state index is 0.0832. The minimum atomic E-state index is -0.0832. The van der Waals surface area contributed by atoms with Gasteiger partial charge in [-0.2, -0.15) is 0 Å². The first-order valence-electron chi connectivity index (χ1n) is 7.97. The average Bonchev–Trinajstić information content (AvgIpc) is 3.23. The molecule has 25 heavy (non-hydrogen) atoms. The van der Waals surface area contributed by atoms with E-state index in [1.807, 2.05) is 19.1 Å². The quantitative estimate of drug-likeness (QED) is 0.621. The molecule has 0 saturated heterocycles. The lowest BCUT2D eigenvalue weighted by Gasteiger charge is -2.13. The van der Waals surface area contributed by atoms with Crippen LogP contribution in [0, 0.1) is 0 Å². The van der Waals surface area contributed by atoms with Crippen molar-refractivity contribution in [3.63, 3.8) is 0 Å². The van der Waals surface area contributed by atoms with Crippen LogP contribution in [-0.4, -0.2) is 4.98 Å². The molecule has 0 amide bonds. The molecule has 0 radical (unpaired) electrons. The zero-order chi connectivity index (χ0) is 17.4. The largest absolute Gasteiger partial charge is 0.438 e. The predicted octanol–water partition coefficient (Wildman–Crippen LogP) is 5.85. The maximum absolute atomic E-state index is 6.24. The van der Waals surface area contributed by atoms with Gasteiger partial charge in [0.15, 0.2) is 5.76 Å². The van der Waals surface area contributed by atoms with Crippen LogP contribution in [0.5, 0.6) is 0 Å². The van der Waals surface area contributed by atoms with Crippen LogP contribution in [0.4, 0.5) is 5.69 Å². The summed E-state index contributed by atoms with van der Waals surface area (Å²) in [4.78, 5) is 4.38. The highest BCUT2D eigenvalue weighted by Crippen LogP contribution is 2.32. The molecule has 1 aliphatic rings. The number of oxazole rings is 1. The van der Waals surface area contributed by atoms with E-state index in [1.54, 1.807) is 18.3 Å². The molecule has 0 saturated carbocycles. The molecule has 0 bridgehead atoms. The second kappa shape index (κ2) is 6.71. The van der Waals surface area contributed by atoms with E-state index in [1.165, 1.54) is 11.1 Å². The molecule has 1 atom stereocenters. The Morgan fingerprint density at radius 1 is 1.08 bits per heavy atom. The van der Waals surface area contributed by atoms with Gasteiger partial charge in [-0.1, -0.05) is 29.3 Å². The van der Waals surface area contributed by atoms with Gasteiger partial charge >= 0.3 is 0 Å². The summed E-state index contributed by atoms with van der Waals surface area (Å²) in [6.45, 7) is 3.36.